The average molecular weight is 360 g/mol. The lowest BCUT2D eigenvalue weighted by Gasteiger charge is -2.35. The van der Waals surface area contributed by atoms with E-state index in [9.17, 15) is 0 Å². The second-order valence-electron chi connectivity index (χ2n) is 6.25. The largest absolute Gasteiger partial charge is 0.311 e. The summed E-state index contributed by atoms with van der Waals surface area (Å²) in [7, 11) is 2.27. The molecule has 0 aliphatic carbocycles. The summed E-state index contributed by atoms with van der Waals surface area (Å²) in [5.41, 5.74) is 1.14. The maximum atomic E-state index is 4.76. The number of fused-ring (bicyclic) bond motifs is 3. The molecule has 2 fully saturated rings. The number of hydrogen-bond donors (Lipinski definition) is 1. The fourth-order valence-electron chi connectivity index (χ4n) is 3.72. The molecule has 2 aromatic rings. The zero-order valence-electron chi connectivity index (χ0n) is 12.7. The van der Waals surface area contributed by atoms with E-state index in [0.717, 1.165) is 30.2 Å². The standard InChI is InChI=1S/C16H21N3S.2ClH/c1-19(13-8-11-6-7-12(9-13)17-11)10-16-18-14-4-2-3-5-15(14)20-16;;/h2-5,11-13,17H,6-10H2,1H3;2*1H. The Morgan fingerprint density at radius 3 is 2.55 bits per heavy atom. The van der Waals surface area contributed by atoms with Crippen LogP contribution in [0.1, 0.15) is 30.7 Å². The predicted molar refractivity (Wildman–Crippen MR) is 98.6 cm³/mol. The molecule has 2 bridgehead atoms. The second kappa shape index (κ2) is 7.45. The van der Waals surface area contributed by atoms with Gasteiger partial charge in [0.2, 0.25) is 0 Å². The van der Waals surface area contributed by atoms with Gasteiger partial charge in [0.25, 0.3) is 0 Å². The first-order valence-electron chi connectivity index (χ1n) is 7.58. The summed E-state index contributed by atoms with van der Waals surface area (Å²) in [5.74, 6) is 0. The molecule has 2 unspecified atom stereocenters. The van der Waals surface area contributed by atoms with Gasteiger partial charge in [0, 0.05) is 18.1 Å². The van der Waals surface area contributed by atoms with Crippen molar-refractivity contribution in [2.45, 2.75) is 50.4 Å². The summed E-state index contributed by atoms with van der Waals surface area (Å²) >= 11 is 1.84. The Labute approximate surface area is 148 Å². The van der Waals surface area contributed by atoms with Crippen molar-refractivity contribution in [3.8, 4) is 0 Å². The molecule has 2 atom stereocenters. The van der Waals surface area contributed by atoms with Crippen LogP contribution in [0.5, 0.6) is 0 Å². The quantitative estimate of drug-likeness (QED) is 0.901. The molecule has 1 N–H and O–H groups in total. The van der Waals surface area contributed by atoms with Crippen molar-refractivity contribution in [3.05, 3.63) is 29.3 Å². The Morgan fingerprint density at radius 1 is 1.18 bits per heavy atom. The first-order valence-corrected chi connectivity index (χ1v) is 8.40. The molecular weight excluding hydrogens is 337 g/mol. The van der Waals surface area contributed by atoms with Crippen LogP contribution in [0.15, 0.2) is 24.3 Å². The molecule has 0 radical (unpaired) electrons. The highest BCUT2D eigenvalue weighted by molar-refractivity contribution is 7.18. The highest BCUT2D eigenvalue weighted by atomic mass is 35.5. The van der Waals surface area contributed by atoms with Gasteiger partial charge >= 0.3 is 0 Å². The van der Waals surface area contributed by atoms with E-state index in [-0.39, 0.29) is 24.8 Å². The first kappa shape index (κ1) is 18.0. The van der Waals surface area contributed by atoms with Crippen molar-refractivity contribution < 1.29 is 0 Å². The van der Waals surface area contributed by atoms with Crippen LogP contribution in [0.3, 0.4) is 0 Å². The van der Waals surface area contributed by atoms with Gasteiger partial charge in [0.15, 0.2) is 0 Å². The zero-order valence-corrected chi connectivity index (χ0v) is 15.1. The number of rotatable bonds is 3. The number of piperidine rings is 1. The van der Waals surface area contributed by atoms with Crippen LogP contribution in [0.4, 0.5) is 0 Å². The number of hydrogen-bond acceptors (Lipinski definition) is 4. The summed E-state index contributed by atoms with van der Waals surface area (Å²) in [5, 5.41) is 4.97. The van der Waals surface area contributed by atoms with E-state index in [1.54, 1.807) is 0 Å². The van der Waals surface area contributed by atoms with Crippen LogP contribution in [0.25, 0.3) is 10.2 Å². The van der Waals surface area contributed by atoms with Crippen molar-refractivity contribution >= 4 is 46.4 Å². The Bertz CT molecular complexity index is 573. The highest BCUT2D eigenvalue weighted by Crippen LogP contribution is 2.30. The monoisotopic (exact) mass is 359 g/mol. The molecule has 3 nitrogen and oxygen atoms in total. The van der Waals surface area contributed by atoms with Crippen LogP contribution in [-0.4, -0.2) is 35.1 Å². The summed E-state index contributed by atoms with van der Waals surface area (Å²) in [4.78, 5) is 7.28. The summed E-state index contributed by atoms with van der Waals surface area (Å²) in [6, 6.07) is 10.7. The third-order valence-corrected chi connectivity index (χ3v) is 5.82. The van der Waals surface area contributed by atoms with Crippen LogP contribution in [-0.2, 0) is 6.54 Å². The van der Waals surface area contributed by atoms with E-state index in [1.165, 1.54) is 35.4 Å². The van der Waals surface area contributed by atoms with Crippen molar-refractivity contribution in [3.63, 3.8) is 0 Å². The smallest absolute Gasteiger partial charge is 0.108 e. The van der Waals surface area contributed by atoms with Gasteiger partial charge in [0.05, 0.1) is 16.8 Å². The van der Waals surface area contributed by atoms with E-state index in [2.05, 4.69) is 41.5 Å². The van der Waals surface area contributed by atoms with Crippen LogP contribution in [0.2, 0.25) is 0 Å². The molecule has 0 amide bonds. The topological polar surface area (TPSA) is 28.2 Å². The second-order valence-corrected chi connectivity index (χ2v) is 7.37. The molecular formula is C16H23Cl2N3S. The minimum Gasteiger partial charge on any atom is -0.311 e. The van der Waals surface area contributed by atoms with Gasteiger partial charge < -0.3 is 5.32 Å². The molecule has 1 aromatic heterocycles. The van der Waals surface area contributed by atoms with E-state index in [1.807, 2.05) is 11.3 Å². The fraction of sp³-hybridized carbons (Fsp3) is 0.562. The molecule has 2 aliphatic rings. The van der Waals surface area contributed by atoms with E-state index >= 15 is 0 Å². The van der Waals surface area contributed by atoms with Crippen molar-refractivity contribution in [2.24, 2.45) is 0 Å². The lowest BCUT2D eigenvalue weighted by molar-refractivity contribution is 0.166. The van der Waals surface area contributed by atoms with Crippen molar-refractivity contribution in [1.82, 2.24) is 15.2 Å². The number of nitrogens with one attached hydrogen (secondary N) is 1. The molecule has 3 heterocycles. The summed E-state index contributed by atoms with van der Waals surface area (Å²) in [6.45, 7) is 0.990. The number of nitrogens with zero attached hydrogens (tertiary/aromatic N) is 2. The first-order chi connectivity index (χ1) is 9.78. The maximum Gasteiger partial charge on any atom is 0.108 e. The van der Waals surface area contributed by atoms with Gasteiger partial charge in [-0.2, -0.15) is 0 Å². The average Bonchev–Trinajstić information content (AvgIpc) is 3.01. The normalized spacial score (nSPS) is 26.7. The number of benzene rings is 1. The molecule has 0 saturated carbocycles. The van der Waals surface area contributed by atoms with Crippen LogP contribution >= 0.6 is 36.2 Å². The van der Waals surface area contributed by atoms with E-state index in [0.29, 0.717) is 0 Å². The molecule has 22 heavy (non-hydrogen) atoms. The molecule has 122 valence electrons. The molecule has 1 aromatic carbocycles. The number of para-hydroxylation sites is 1. The van der Waals surface area contributed by atoms with Crippen LogP contribution in [0, 0.1) is 0 Å². The molecule has 4 rings (SSSR count). The van der Waals surface area contributed by atoms with Gasteiger partial charge in [-0.25, -0.2) is 4.98 Å². The maximum absolute atomic E-state index is 4.76. The molecule has 2 aliphatic heterocycles. The van der Waals surface area contributed by atoms with Gasteiger partial charge in [-0.1, -0.05) is 12.1 Å². The lowest BCUT2D eigenvalue weighted by Crippen LogP contribution is -2.46. The third kappa shape index (κ3) is 3.57. The molecule has 2 saturated heterocycles. The summed E-state index contributed by atoms with van der Waals surface area (Å²) < 4.78 is 1.31. The van der Waals surface area contributed by atoms with Gasteiger partial charge in [-0.05, 0) is 44.9 Å². The third-order valence-electron chi connectivity index (χ3n) is 4.79. The van der Waals surface area contributed by atoms with Gasteiger partial charge in [0.1, 0.15) is 5.01 Å². The Balaban J connectivity index is 0.000000882. The molecule has 0 spiro atoms. The Hall–Kier alpha value is -0.390. The van der Waals surface area contributed by atoms with Gasteiger partial charge in [-0.15, -0.1) is 36.2 Å². The number of halogens is 2. The zero-order chi connectivity index (χ0) is 13.5. The number of aromatic nitrogens is 1. The molecule has 6 heteroatoms. The summed E-state index contributed by atoms with van der Waals surface area (Å²) in [6.07, 6.45) is 5.35. The van der Waals surface area contributed by atoms with E-state index in [4.69, 9.17) is 4.98 Å². The van der Waals surface area contributed by atoms with E-state index < -0.39 is 0 Å². The Kier molecular flexibility index (Phi) is 6.08. The fourth-order valence-corrected chi connectivity index (χ4v) is 4.75. The van der Waals surface area contributed by atoms with Crippen molar-refractivity contribution in [1.29, 1.82) is 0 Å². The SMILES string of the molecule is CN(Cc1nc2ccccc2s1)C1CC2CCC(C1)N2.Cl.Cl. The lowest BCUT2D eigenvalue weighted by atomic mass is 9.99. The minimum absolute atomic E-state index is 0. The number of thiazole rings is 1. The Morgan fingerprint density at radius 2 is 1.86 bits per heavy atom. The predicted octanol–water partition coefficient (Wildman–Crippen LogP) is 3.85. The minimum atomic E-state index is 0. The van der Waals surface area contributed by atoms with Gasteiger partial charge in [-0.3, -0.25) is 4.90 Å². The van der Waals surface area contributed by atoms with Crippen molar-refractivity contribution in [2.75, 3.05) is 7.05 Å². The van der Waals surface area contributed by atoms with Crippen LogP contribution < -0.4 is 5.32 Å². The highest BCUT2D eigenvalue weighted by Gasteiger charge is 2.35.